The van der Waals surface area contributed by atoms with Gasteiger partial charge in [0, 0.05) is 0 Å². The third kappa shape index (κ3) is 2.60. The van der Waals surface area contributed by atoms with Crippen LogP contribution >= 0.6 is 0 Å². The van der Waals surface area contributed by atoms with Gasteiger partial charge in [0.25, 0.3) is 0 Å². The van der Waals surface area contributed by atoms with E-state index in [1.165, 1.54) is 32.1 Å². The summed E-state index contributed by atoms with van der Waals surface area (Å²) in [4.78, 5) is 0. The Morgan fingerprint density at radius 2 is 1.88 bits per heavy atom. The minimum Gasteiger partial charge on any atom is -0.491 e. The summed E-state index contributed by atoms with van der Waals surface area (Å²) in [6.07, 6.45) is 6.60. The molecule has 0 heterocycles. The van der Waals surface area contributed by atoms with E-state index in [0.717, 1.165) is 12.4 Å². The summed E-state index contributed by atoms with van der Waals surface area (Å²) in [7, 11) is 0. The third-order valence-corrected chi connectivity index (χ3v) is 3.30. The highest BCUT2D eigenvalue weighted by atomic mass is 16.5. The van der Waals surface area contributed by atoms with E-state index in [1.807, 2.05) is 12.1 Å². The number of para-hydroxylation sites is 1. The lowest BCUT2D eigenvalue weighted by molar-refractivity contribution is 0.210. The zero-order chi connectivity index (χ0) is 11.4. The van der Waals surface area contributed by atoms with Gasteiger partial charge < -0.3 is 16.2 Å². The largest absolute Gasteiger partial charge is 0.491 e. The van der Waals surface area contributed by atoms with Gasteiger partial charge in [0.1, 0.15) is 5.75 Å². The van der Waals surface area contributed by atoms with Crippen LogP contribution in [0.25, 0.3) is 0 Å². The van der Waals surface area contributed by atoms with E-state index >= 15 is 0 Å². The van der Waals surface area contributed by atoms with Gasteiger partial charge in [-0.25, -0.2) is 0 Å². The highest BCUT2D eigenvalue weighted by Crippen LogP contribution is 2.29. The topological polar surface area (TPSA) is 61.3 Å². The van der Waals surface area contributed by atoms with Crippen LogP contribution in [0.15, 0.2) is 18.2 Å². The Balaban J connectivity index is 1.91. The van der Waals surface area contributed by atoms with Gasteiger partial charge in [0.15, 0.2) is 0 Å². The van der Waals surface area contributed by atoms with Crippen LogP contribution in [0, 0.1) is 5.92 Å². The smallest absolute Gasteiger partial charge is 0.144 e. The predicted octanol–water partition coefficient (Wildman–Crippen LogP) is 2.81. The van der Waals surface area contributed by atoms with Crippen molar-refractivity contribution in [2.45, 2.75) is 32.1 Å². The second-order valence-corrected chi connectivity index (χ2v) is 4.57. The lowest BCUT2D eigenvalue weighted by Crippen LogP contribution is -2.15. The Hall–Kier alpha value is -1.38. The van der Waals surface area contributed by atoms with Crippen molar-refractivity contribution in [3.05, 3.63) is 18.2 Å². The number of benzene rings is 1. The number of nitrogen functional groups attached to an aromatic ring is 2. The van der Waals surface area contributed by atoms with Crippen LogP contribution in [0.3, 0.4) is 0 Å². The van der Waals surface area contributed by atoms with Crippen molar-refractivity contribution in [3.8, 4) is 5.75 Å². The number of rotatable bonds is 3. The molecule has 1 saturated carbocycles. The molecule has 3 nitrogen and oxygen atoms in total. The molecular weight excluding hydrogens is 200 g/mol. The van der Waals surface area contributed by atoms with Crippen molar-refractivity contribution in [3.63, 3.8) is 0 Å². The molecule has 0 saturated heterocycles. The van der Waals surface area contributed by atoms with Crippen LogP contribution in [0.2, 0.25) is 0 Å². The summed E-state index contributed by atoms with van der Waals surface area (Å²) in [5.41, 5.74) is 12.7. The number of hydrogen-bond donors (Lipinski definition) is 2. The Kier molecular flexibility index (Phi) is 3.54. The Bertz CT molecular complexity index is 346. The van der Waals surface area contributed by atoms with Crippen molar-refractivity contribution < 1.29 is 4.74 Å². The second-order valence-electron chi connectivity index (χ2n) is 4.57. The van der Waals surface area contributed by atoms with Crippen LogP contribution in [-0.4, -0.2) is 6.61 Å². The molecule has 0 amide bonds. The van der Waals surface area contributed by atoms with Crippen molar-refractivity contribution in [2.75, 3.05) is 18.1 Å². The molecule has 1 aliphatic rings. The first kappa shape index (κ1) is 11.1. The molecule has 0 atom stereocenters. The molecule has 1 aliphatic carbocycles. The number of nitrogens with two attached hydrogens (primary N) is 2. The standard InChI is InChI=1S/C13H20N2O/c14-11-7-4-8-12(13(11)15)16-9-10-5-2-1-3-6-10/h4,7-8,10H,1-3,5-6,9,14-15H2. The number of hydrogen-bond acceptors (Lipinski definition) is 3. The lowest BCUT2D eigenvalue weighted by atomic mass is 9.90. The SMILES string of the molecule is Nc1cccc(OCC2CCCCC2)c1N. The second kappa shape index (κ2) is 5.10. The Morgan fingerprint density at radius 3 is 2.62 bits per heavy atom. The predicted molar refractivity (Wildman–Crippen MR) is 67.3 cm³/mol. The molecule has 0 bridgehead atoms. The van der Waals surface area contributed by atoms with E-state index in [4.69, 9.17) is 16.2 Å². The van der Waals surface area contributed by atoms with Gasteiger partial charge in [-0.15, -0.1) is 0 Å². The average molecular weight is 220 g/mol. The summed E-state index contributed by atoms with van der Waals surface area (Å²) < 4.78 is 5.75. The van der Waals surface area contributed by atoms with Crippen LogP contribution in [0.1, 0.15) is 32.1 Å². The van der Waals surface area contributed by atoms with E-state index in [9.17, 15) is 0 Å². The maximum absolute atomic E-state index is 5.85. The Labute approximate surface area is 96.8 Å². The molecule has 1 fully saturated rings. The monoisotopic (exact) mass is 220 g/mol. The fraction of sp³-hybridized carbons (Fsp3) is 0.538. The summed E-state index contributed by atoms with van der Waals surface area (Å²) >= 11 is 0. The fourth-order valence-electron chi connectivity index (χ4n) is 2.25. The molecular formula is C13H20N2O. The van der Waals surface area contributed by atoms with Gasteiger partial charge in [-0.05, 0) is 30.9 Å². The number of ether oxygens (including phenoxy) is 1. The molecule has 1 aromatic rings. The van der Waals surface area contributed by atoms with Crippen molar-refractivity contribution in [1.29, 1.82) is 0 Å². The highest BCUT2D eigenvalue weighted by Gasteiger charge is 2.14. The van der Waals surface area contributed by atoms with Crippen LogP contribution < -0.4 is 16.2 Å². The van der Waals surface area contributed by atoms with E-state index in [0.29, 0.717) is 17.3 Å². The van der Waals surface area contributed by atoms with Gasteiger partial charge in [-0.3, -0.25) is 0 Å². The van der Waals surface area contributed by atoms with Crippen molar-refractivity contribution >= 4 is 11.4 Å². The quantitative estimate of drug-likeness (QED) is 0.770. The first-order chi connectivity index (χ1) is 7.77. The minimum atomic E-state index is 0.568. The number of anilines is 2. The summed E-state index contributed by atoms with van der Waals surface area (Å²) in [6, 6.07) is 5.55. The maximum atomic E-state index is 5.85. The lowest BCUT2D eigenvalue weighted by Gasteiger charge is -2.22. The maximum Gasteiger partial charge on any atom is 0.144 e. The molecule has 0 radical (unpaired) electrons. The van der Waals surface area contributed by atoms with Crippen LogP contribution in [-0.2, 0) is 0 Å². The summed E-state index contributed by atoms with van der Waals surface area (Å²) in [6.45, 7) is 0.771. The molecule has 3 heteroatoms. The first-order valence-electron chi connectivity index (χ1n) is 6.04. The molecule has 1 aromatic carbocycles. The van der Waals surface area contributed by atoms with Crippen molar-refractivity contribution in [1.82, 2.24) is 0 Å². The van der Waals surface area contributed by atoms with E-state index in [1.54, 1.807) is 6.07 Å². The third-order valence-electron chi connectivity index (χ3n) is 3.30. The molecule has 0 spiro atoms. The molecule has 88 valence electrons. The highest BCUT2D eigenvalue weighted by molar-refractivity contribution is 5.70. The van der Waals surface area contributed by atoms with Gasteiger partial charge in [0.2, 0.25) is 0 Å². The summed E-state index contributed by atoms with van der Waals surface area (Å²) in [5, 5.41) is 0. The average Bonchev–Trinajstić information content (AvgIpc) is 2.32. The normalized spacial score (nSPS) is 17.2. The van der Waals surface area contributed by atoms with Gasteiger partial charge in [-0.2, -0.15) is 0 Å². The minimum absolute atomic E-state index is 0.568. The molecule has 16 heavy (non-hydrogen) atoms. The van der Waals surface area contributed by atoms with Crippen molar-refractivity contribution in [2.24, 2.45) is 5.92 Å². The fourth-order valence-corrected chi connectivity index (χ4v) is 2.25. The van der Waals surface area contributed by atoms with Crippen LogP contribution in [0.4, 0.5) is 11.4 Å². The molecule has 4 N–H and O–H groups in total. The molecule has 0 aromatic heterocycles. The first-order valence-corrected chi connectivity index (χ1v) is 6.04. The van der Waals surface area contributed by atoms with Gasteiger partial charge >= 0.3 is 0 Å². The Morgan fingerprint density at radius 1 is 1.12 bits per heavy atom. The van der Waals surface area contributed by atoms with E-state index in [2.05, 4.69) is 0 Å². The zero-order valence-corrected chi connectivity index (χ0v) is 9.61. The van der Waals surface area contributed by atoms with Gasteiger partial charge in [0.05, 0.1) is 18.0 Å². The zero-order valence-electron chi connectivity index (χ0n) is 9.61. The molecule has 2 rings (SSSR count). The molecule has 0 unspecified atom stereocenters. The molecule has 0 aliphatic heterocycles. The van der Waals surface area contributed by atoms with E-state index < -0.39 is 0 Å². The van der Waals surface area contributed by atoms with Gasteiger partial charge in [-0.1, -0.05) is 25.3 Å². The van der Waals surface area contributed by atoms with Crippen LogP contribution in [0.5, 0.6) is 5.75 Å². The summed E-state index contributed by atoms with van der Waals surface area (Å²) in [5.74, 6) is 1.42. The van der Waals surface area contributed by atoms with E-state index in [-0.39, 0.29) is 0 Å².